The van der Waals surface area contributed by atoms with E-state index in [1.165, 1.54) is 6.07 Å². The monoisotopic (exact) mass is 487 g/mol. The molecule has 0 unspecified atom stereocenters. The molecule has 1 atom stereocenters. The molecule has 0 aromatic heterocycles. The summed E-state index contributed by atoms with van der Waals surface area (Å²) in [4.78, 5) is 27.5. The average molecular weight is 488 g/mol. The van der Waals surface area contributed by atoms with Gasteiger partial charge in [0, 0.05) is 44.6 Å². The van der Waals surface area contributed by atoms with Crippen LogP contribution in [0.3, 0.4) is 0 Å². The first-order valence-electron chi connectivity index (χ1n) is 11.5. The van der Waals surface area contributed by atoms with Crippen molar-refractivity contribution in [3.63, 3.8) is 0 Å². The van der Waals surface area contributed by atoms with Crippen LogP contribution < -0.4 is 10.0 Å². The maximum atomic E-state index is 13.1. The highest BCUT2D eigenvalue weighted by Gasteiger charge is 2.29. The van der Waals surface area contributed by atoms with Gasteiger partial charge in [-0.05, 0) is 74.6 Å². The van der Waals surface area contributed by atoms with Crippen LogP contribution in [0.1, 0.15) is 40.7 Å². The number of carbonyl (C=O) groups excluding carboxylic acids is 2. The van der Waals surface area contributed by atoms with E-state index in [2.05, 4.69) is 10.0 Å². The largest absolute Gasteiger partial charge is 0.385 e. The predicted octanol–water partition coefficient (Wildman–Crippen LogP) is 3.11. The summed E-state index contributed by atoms with van der Waals surface area (Å²) in [6, 6.07) is 11.4. The Bertz CT molecular complexity index is 1130. The Hall–Kier alpha value is -2.91. The summed E-state index contributed by atoms with van der Waals surface area (Å²) in [6.07, 6.45) is 2.21. The van der Waals surface area contributed by atoms with Gasteiger partial charge in [0.05, 0.1) is 10.8 Å². The third kappa shape index (κ3) is 6.57. The predicted molar refractivity (Wildman–Crippen MR) is 131 cm³/mol. The first-order chi connectivity index (χ1) is 16.2. The molecule has 0 radical (unpaired) electrons. The number of hydrogen-bond acceptors (Lipinski definition) is 5. The highest BCUT2D eigenvalue weighted by molar-refractivity contribution is 7.92. The summed E-state index contributed by atoms with van der Waals surface area (Å²) in [5, 5.41) is 2.91. The van der Waals surface area contributed by atoms with Crippen molar-refractivity contribution < 1.29 is 22.7 Å². The van der Waals surface area contributed by atoms with Gasteiger partial charge >= 0.3 is 0 Å². The van der Waals surface area contributed by atoms with Gasteiger partial charge in [0.25, 0.3) is 15.9 Å². The average Bonchev–Trinajstić information content (AvgIpc) is 2.83. The zero-order valence-electron chi connectivity index (χ0n) is 20.0. The number of piperidine rings is 1. The van der Waals surface area contributed by atoms with Crippen molar-refractivity contribution in [2.24, 2.45) is 5.92 Å². The molecule has 1 aliphatic heterocycles. The lowest BCUT2D eigenvalue weighted by Gasteiger charge is -2.32. The van der Waals surface area contributed by atoms with Crippen molar-refractivity contribution in [3.8, 4) is 0 Å². The topological polar surface area (TPSA) is 105 Å². The zero-order chi connectivity index (χ0) is 24.7. The van der Waals surface area contributed by atoms with E-state index < -0.39 is 10.0 Å². The summed E-state index contributed by atoms with van der Waals surface area (Å²) >= 11 is 0. The molecular formula is C25H33N3O5S. The summed E-state index contributed by atoms with van der Waals surface area (Å²) in [7, 11) is -2.17. The van der Waals surface area contributed by atoms with Crippen LogP contribution >= 0.6 is 0 Å². The van der Waals surface area contributed by atoms with E-state index in [0.717, 1.165) is 30.4 Å². The first kappa shape index (κ1) is 25.7. The first-order valence-corrected chi connectivity index (χ1v) is 13.0. The molecule has 184 valence electrons. The smallest absolute Gasteiger partial charge is 0.261 e. The fourth-order valence-electron chi connectivity index (χ4n) is 3.94. The van der Waals surface area contributed by atoms with Crippen molar-refractivity contribution in [2.45, 2.75) is 38.0 Å². The molecule has 1 heterocycles. The van der Waals surface area contributed by atoms with E-state index in [-0.39, 0.29) is 22.6 Å². The number of rotatable bonds is 9. The number of anilines is 1. The van der Waals surface area contributed by atoms with Crippen molar-refractivity contribution in [3.05, 3.63) is 59.2 Å². The van der Waals surface area contributed by atoms with E-state index in [0.29, 0.717) is 37.5 Å². The molecule has 9 heteroatoms. The summed E-state index contributed by atoms with van der Waals surface area (Å²) < 4.78 is 33.2. The molecule has 2 N–H and O–H groups in total. The van der Waals surface area contributed by atoms with Gasteiger partial charge in [-0.3, -0.25) is 14.3 Å². The van der Waals surface area contributed by atoms with Crippen LogP contribution in [0.4, 0.5) is 5.69 Å². The molecule has 34 heavy (non-hydrogen) atoms. The Balaban J connectivity index is 1.67. The highest BCUT2D eigenvalue weighted by atomic mass is 32.2. The number of ether oxygens (including phenoxy) is 1. The molecule has 2 amide bonds. The van der Waals surface area contributed by atoms with Crippen molar-refractivity contribution in [1.82, 2.24) is 10.2 Å². The number of nitrogens with one attached hydrogen (secondary N) is 2. The van der Waals surface area contributed by atoms with Gasteiger partial charge in [-0.1, -0.05) is 12.1 Å². The second kappa shape index (κ2) is 11.5. The van der Waals surface area contributed by atoms with E-state index in [4.69, 9.17) is 4.74 Å². The molecule has 1 fully saturated rings. The Morgan fingerprint density at radius 1 is 1.12 bits per heavy atom. The number of nitrogens with zero attached hydrogens (tertiary/aromatic N) is 1. The molecule has 8 nitrogen and oxygen atoms in total. The van der Waals surface area contributed by atoms with Gasteiger partial charge in [-0.2, -0.15) is 0 Å². The summed E-state index contributed by atoms with van der Waals surface area (Å²) in [6.45, 7) is 5.81. The second-order valence-corrected chi connectivity index (χ2v) is 10.3. The molecule has 1 aliphatic rings. The third-order valence-electron chi connectivity index (χ3n) is 6.05. The van der Waals surface area contributed by atoms with Crippen LogP contribution in [0.5, 0.6) is 0 Å². The lowest BCUT2D eigenvalue weighted by atomic mass is 9.96. The summed E-state index contributed by atoms with van der Waals surface area (Å²) in [5.74, 6) is -0.528. The van der Waals surface area contributed by atoms with Gasteiger partial charge in [-0.25, -0.2) is 8.42 Å². The van der Waals surface area contributed by atoms with Gasteiger partial charge in [0.1, 0.15) is 0 Å². The maximum Gasteiger partial charge on any atom is 0.261 e. The molecule has 0 spiro atoms. The standard InChI is InChI=1S/C25H33N3O5S/c1-18-10-11-23(15-19(18)2)34(31,32)27-22-9-4-7-20(16-22)25(30)28-13-5-8-21(17-28)24(29)26-12-6-14-33-3/h4,7,9-11,15-16,21,27H,5-6,8,12-14,17H2,1-3H3,(H,26,29)/t21-/m1/s1. The molecule has 2 aromatic rings. The van der Waals surface area contributed by atoms with Crippen molar-refractivity contribution >= 4 is 27.5 Å². The van der Waals surface area contributed by atoms with E-state index in [1.54, 1.807) is 48.4 Å². The molecule has 0 saturated carbocycles. The van der Waals surface area contributed by atoms with Crippen LogP contribution in [-0.2, 0) is 19.6 Å². The van der Waals surface area contributed by atoms with E-state index >= 15 is 0 Å². The van der Waals surface area contributed by atoms with Crippen LogP contribution in [0.2, 0.25) is 0 Å². The zero-order valence-corrected chi connectivity index (χ0v) is 20.8. The molecule has 0 bridgehead atoms. The van der Waals surface area contributed by atoms with Crippen LogP contribution in [0.25, 0.3) is 0 Å². The van der Waals surface area contributed by atoms with Crippen LogP contribution in [-0.4, -0.2) is 58.5 Å². The second-order valence-electron chi connectivity index (χ2n) is 8.66. The fourth-order valence-corrected chi connectivity index (χ4v) is 5.08. The normalized spacial score (nSPS) is 16.2. The minimum atomic E-state index is -3.79. The number of aryl methyl sites for hydroxylation is 2. The number of amides is 2. The lowest BCUT2D eigenvalue weighted by molar-refractivity contribution is -0.126. The van der Waals surface area contributed by atoms with Gasteiger partial charge in [0.15, 0.2) is 0 Å². The maximum absolute atomic E-state index is 13.1. The number of sulfonamides is 1. The summed E-state index contributed by atoms with van der Waals surface area (Å²) in [5.41, 5.74) is 2.58. The van der Waals surface area contributed by atoms with Crippen LogP contribution in [0.15, 0.2) is 47.4 Å². The van der Waals surface area contributed by atoms with Crippen molar-refractivity contribution in [2.75, 3.05) is 38.1 Å². The lowest BCUT2D eigenvalue weighted by Crippen LogP contribution is -2.45. The third-order valence-corrected chi connectivity index (χ3v) is 7.43. The fraction of sp³-hybridized carbons (Fsp3) is 0.440. The molecule has 3 rings (SSSR count). The van der Waals surface area contributed by atoms with Crippen molar-refractivity contribution in [1.29, 1.82) is 0 Å². The van der Waals surface area contributed by atoms with E-state index in [9.17, 15) is 18.0 Å². The highest BCUT2D eigenvalue weighted by Crippen LogP contribution is 2.22. The van der Waals surface area contributed by atoms with Crippen LogP contribution in [0, 0.1) is 19.8 Å². The minimum Gasteiger partial charge on any atom is -0.385 e. The van der Waals surface area contributed by atoms with E-state index in [1.807, 2.05) is 13.8 Å². The number of carbonyl (C=O) groups is 2. The molecular weight excluding hydrogens is 454 g/mol. The number of methoxy groups -OCH3 is 1. The Kier molecular flexibility index (Phi) is 8.68. The Labute approximate surface area is 201 Å². The van der Waals surface area contributed by atoms with Gasteiger partial charge in [0.2, 0.25) is 5.91 Å². The Morgan fingerprint density at radius 3 is 2.65 bits per heavy atom. The Morgan fingerprint density at radius 2 is 1.91 bits per heavy atom. The molecule has 2 aromatic carbocycles. The number of hydrogen-bond donors (Lipinski definition) is 2. The quantitative estimate of drug-likeness (QED) is 0.529. The SMILES string of the molecule is COCCCNC(=O)[C@@H]1CCCN(C(=O)c2cccc(NS(=O)(=O)c3ccc(C)c(C)c3)c2)C1. The molecule has 1 saturated heterocycles. The molecule has 0 aliphatic carbocycles. The van der Waals surface area contributed by atoms with Gasteiger partial charge < -0.3 is 15.0 Å². The number of likely N-dealkylation sites (tertiary alicyclic amines) is 1. The minimum absolute atomic E-state index is 0.0523. The number of benzene rings is 2. The van der Waals surface area contributed by atoms with Gasteiger partial charge in [-0.15, -0.1) is 0 Å².